The second-order valence-electron chi connectivity index (χ2n) is 4.10. The van der Waals surface area contributed by atoms with E-state index in [2.05, 4.69) is 26.6 Å². The summed E-state index contributed by atoms with van der Waals surface area (Å²) in [6.45, 7) is 12.8. The molecular weight excluding hydrogens is 168 g/mol. The summed E-state index contributed by atoms with van der Waals surface area (Å²) < 4.78 is 5.19. The largest absolute Gasteiger partial charge is 0.381 e. The number of hydrogen-bond acceptors (Lipinski definition) is 2. The quantitative estimate of drug-likeness (QED) is 0.616. The zero-order chi connectivity index (χ0) is 9.78. The Labute approximate surface area is 76.3 Å². The summed E-state index contributed by atoms with van der Waals surface area (Å²) in [5.41, 5.74) is 0.124. The summed E-state index contributed by atoms with van der Waals surface area (Å²) in [4.78, 5) is 11.2. The van der Waals surface area contributed by atoms with Crippen LogP contribution in [-0.2, 0) is 9.53 Å². The minimum absolute atomic E-state index is 0.124. The van der Waals surface area contributed by atoms with Gasteiger partial charge < -0.3 is 4.74 Å². The van der Waals surface area contributed by atoms with E-state index < -0.39 is 8.07 Å². The normalized spacial score (nSPS) is 14.4. The van der Waals surface area contributed by atoms with E-state index in [1.807, 2.05) is 0 Å². The van der Waals surface area contributed by atoms with Crippen LogP contribution in [0.1, 0.15) is 6.92 Å². The first-order valence-electron chi connectivity index (χ1n) is 4.27. The van der Waals surface area contributed by atoms with Crippen LogP contribution in [0.25, 0.3) is 0 Å². The summed E-state index contributed by atoms with van der Waals surface area (Å²) in [5, 5.41) is 0. The predicted octanol–water partition coefficient (Wildman–Crippen LogP) is 2.13. The monoisotopic (exact) mass is 187 g/mol. The van der Waals surface area contributed by atoms with Crippen LogP contribution in [0.3, 0.4) is 0 Å². The second kappa shape index (κ2) is 4.77. The Hall–Kier alpha value is -0.153. The highest BCUT2D eigenvalue weighted by atomic mass is 28.3. The number of carbonyl (C=O) groups excluding carboxylic acids is 1. The van der Waals surface area contributed by atoms with Gasteiger partial charge in [0.05, 0.1) is 14.7 Å². The maximum atomic E-state index is 11.2. The third-order valence-corrected chi connectivity index (χ3v) is 4.63. The maximum Gasteiger partial charge on any atom is 0.132 e. The number of carbonyl (C=O) groups is 1. The Morgan fingerprint density at radius 1 is 1.50 bits per heavy atom. The van der Waals surface area contributed by atoms with Crippen molar-refractivity contribution in [3.05, 3.63) is 6.92 Å². The second-order valence-corrected chi connectivity index (χ2v) is 9.53. The molecule has 0 saturated carbocycles. The van der Waals surface area contributed by atoms with Gasteiger partial charge in [0.1, 0.15) is 5.78 Å². The molecule has 0 saturated heterocycles. The van der Waals surface area contributed by atoms with Gasteiger partial charge in [0.15, 0.2) is 0 Å². The molecule has 71 valence electrons. The van der Waals surface area contributed by atoms with Gasteiger partial charge in [-0.3, -0.25) is 4.79 Å². The highest BCUT2D eigenvalue weighted by molar-refractivity contribution is 6.80. The highest BCUT2D eigenvalue weighted by Crippen LogP contribution is 2.22. The summed E-state index contributed by atoms with van der Waals surface area (Å²) in [5.74, 6) is 0.252. The van der Waals surface area contributed by atoms with Gasteiger partial charge >= 0.3 is 0 Å². The average Bonchev–Trinajstić information content (AvgIpc) is 1.84. The smallest absolute Gasteiger partial charge is 0.132 e. The SMILES string of the molecule is [CH2]COCC(C(C)=O)[Si](C)(C)C. The van der Waals surface area contributed by atoms with Crippen LogP contribution >= 0.6 is 0 Å². The zero-order valence-corrected chi connectivity index (χ0v) is 9.52. The third-order valence-electron chi connectivity index (χ3n) is 1.96. The molecule has 0 spiro atoms. The lowest BCUT2D eigenvalue weighted by atomic mass is 10.3. The molecule has 0 aliphatic carbocycles. The van der Waals surface area contributed by atoms with Crippen molar-refractivity contribution in [1.29, 1.82) is 0 Å². The molecule has 0 fully saturated rings. The van der Waals surface area contributed by atoms with Crippen molar-refractivity contribution in [3.63, 3.8) is 0 Å². The fourth-order valence-electron chi connectivity index (χ4n) is 1.18. The van der Waals surface area contributed by atoms with Crippen LogP contribution in [0.4, 0.5) is 0 Å². The molecule has 0 aliphatic heterocycles. The van der Waals surface area contributed by atoms with Crippen LogP contribution in [-0.4, -0.2) is 27.1 Å². The van der Waals surface area contributed by atoms with Crippen molar-refractivity contribution in [2.24, 2.45) is 0 Å². The summed E-state index contributed by atoms with van der Waals surface area (Å²) in [6.07, 6.45) is 0. The van der Waals surface area contributed by atoms with Crippen molar-refractivity contribution in [1.82, 2.24) is 0 Å². The Balaban J connectivity index is 4.15. The van der Waals surface area contributed by atoms with Gasteiger partial charge in [-0.15, -0.1) is 0 Å². The van der Waals surface area contributed by atoms with Crippen molar-refractivity contribution < 1.29 is 9.53 Å². The van der Waals surface area contributed by atoms with Crippen molar-refractivity contribution in [3.8, 4) is 0 Å². The van der Waals surface area contributed by atoms with E-state index in [0.29, 0.717) is 13.2 Å². The molecule has 1 atom stereocenters. The number of ketones is 1. The molecule has 0 N–H and O–H groups in total. The summed E-state index contributed by atoms with van der Waals surface area (Å²) >= 11 is 0. The predicted molar refractivity (Wildman–Crippen MR) is 54.0 cm³/mol. The molecule has 0 aromatic rings. The standard InChI is InChI=1S/C9H19O2Si/c1-6-11-7-9(8(2)10)12(3,4)5/h9H,1,6-7H2,2-5H3. The van der Waals surface area contributed by atoms with Gasteiger partial charge in [-0.2, -0.15) is 0 Å². The van der Waals surface area contributed by atoms with E-state index in [1.54, 1.807) is 6.92 Å². The first-order valence-corrected chi connectivity index (χ1v) is 7.84. The van der Waals surface area contributed by atoms with E-state index in [0.717, 1.165) is 0 Å². The molecule has 2 nitrogen and oxygen atoms in total. The minimum Gasteiger partial charge on any atom is -0.381 e. The molecule has 0 rings (SSSR count). The Morgan fingerprint density at radius 2 is 2.00 bits per heavy atom. The van der Waals surface area contributed by atoms with Crippen LogP contribution < -0.4 is 0 Å². The molecule has 0 aliphatic rings. The van der Waals surface area contributed by atoms with Gasteiger partial charge in [-0.25, -0.2) is 0 Å². The Kier molecular flexibility index (Phi) is 4.71. The average molecular weight is 187 g/mol. The minimum atomic E-state index is -1.39. The van der Waals surface area contributed by atoms with E-state index >= 15 is 0 Å². The first-order chi connectivity index (χ1) is 5.39. The van der Waals surface area contributed by atoms with E-state index in [4.69, 9.17) is 4.74 Å². The maximum absolute atomic E-state index is 11.2. The first kappa shape index (κ1) is 11.8. The third kappa shape index (κ3) is 4.02. The van der Waals surface area contributed by atoms with Gasteiger partial charge in [0.25, 0.3) is 0 Å². The lowest BCUT2D eigenvalue weighted by molar-refractivity contribution is -0.118. The van der Waals surface area contributed by atoms with Crippen molar-refractivity contribution in [2.75, 3.05) is 13.2 Å². The van der Waals surface area contributed by atoms with Gasteiger partial charge in [-0.1, -0.05) is 19.6 Å². The zero-order valence-electron chi connectivity index (χ0n) is 8.52. The fourth-order valence-corrected chi connectivity index (χ4v) is 3.02. The molecule has 0 aromatic heterocycles. The van der Waals surface area contributed by atoms with Crippen molar-refractivity contribution in [2.45, 2.75) is 32.1 Å². The van der Waals surface area contributed by atoms with Gasteiger partial charge in [-0.05, 0) is 13.8 Å². The number of Topliss-reactive ketones (excluding diaryl/α,β-unsaturated/α-hetero) is 1. The number of hydrogen-bond donors (Lipinski definition) is 0. The van der Waals surface area contributed by atoms with E-state index in [9.17, 15) is 4.79 Å². The van der Waals surface area contributed by atoms with Crippen molar-refractivity contribution >= 4 is 13.9 Å². The lowest BCUT2D eigenvalue weighted by Crippen LogP contribution is -2.35. The van der Waals surface area contributed by atoms with Gasteiger partial charge in [0.2, 0.25) is 0 Å². The Morgan fingerprint density at radius 3 is 2.25 bits per heavy atom. The lowest BCUT2D eigenvalue weighted by Gasteiger charge is -2.26. The molecule has 0 bridgehead atoms. The summed E-state index contributed by atoms with van der Waals surface area (Å²) in [7, 11) is -1.39. The molecule has 1 unspecified atom stereocenters. The molecule has 12 heavy (non-hydrogen) atoms. The number of ether oxygens (including phenoxy) is 1. The van der Waals surface area contributed by atoms with Crippen LogP contribution in [0.5, 0.6) is 0 Å². The Bertz CT molecular complexity index is 149. The van der Waals surface area contributed by atoms with E-state index in [1.165, 1.54) is 0 Å². The molecule has 0 aromatic carbocycles. The fraction of sp³-hybridized carbons (Fsp3) is 0.778. The number of rotatable bonds is 5. The molecular formula is C9H19O2Si. The highest BCUT2D eigenvalue weighted by Gasteiger charge is 2.30. The summed E-state index contributed by atoms with van der Waals surface area (Å²) in [6, 6.07) is 0. The molecule has 0 amide bonds. The van der Waals surface area contributed by atoms with Crippen LogP contribution in [0.15, 0.2) is 0 Å². The van der Waals surface area contributed by atoms with Crippen LogP contribution in [0, 0.1) is 6.92 Å². The van der Waals surface area contributed by atoms with Crippen LogP contribution in [0.2, 0.25) is 25.2 Å². The molecule has 0 heterocycles. The molecule has 1 radical (unpaired) electrons. The molecule has 3 heteroatoms. The van der Waals surface area contributed by atoms with E-state index in [-0.39, 0.29) is 11.3 Å². The van der Waals surface area contributed by atoms with Gasteiger partial charge in [0, 0.05) is 12.1 Å². The topological polar surface area (TPSA) is 26.3 Å².